The zero-order valence-electron chi connectivity index (χ0n) is 14.9. The third-order valence-electron chi connectivity index (χ3n) is 3.76. The normalized spacial score (nSPS) is 11.7. The van der Waals surface area contributed by atoms with Crippen molar-refractivity contribution in [3.63, 3.8) is 0 Å². The van der Waals surface area contributed by atoms with Crippen molar-refractivity contribution in [3.8, 4) is 17.2 Å². The summed E-state index contributed by atoms with van der Waals surface area (Å²) in [6.07, 6.45) is 1.16. The van der Waals surface area contributed by atoms with E-state index in [9.17, 15) is 14.4 Å². The van der Waals surface area contributed by atoms with Crippen LogP contribution < -0.4 is 14.9 Å². The summed E-state index contributed by atoms with van der Waals surface area (Å²) in [7, 11) is 1.29. The minimum absolute atomic E-state index is 0.0301. The Labute approximate surface area is 164 Å². The Bertz CT molecular complexity index is 1080. The molecular weight excluding hydrogens is 388 g/mol. The Morgan fingerprint density at radius 1 is 1.07 bits per heavy atom. The molecule has 1 unspecified atom stereocenters. The lowest BCUT2D eigenvalue weighted by molar-refractivity contribution is -0.133. The van der Waals surface area contributed by atoms with Gasteiger partial charge in [0.1, 0.15) is 28.7 Å². The summed E-state index contributed by atoms with van der Waals surface area (Å²) in [5, 5.41) is -0.550. The van der Waals surface area contributed by atoms with E-state index < -0.39 is 22.7 Å². The lowest BCUT2D eigenvalue weighted by Gasteiger charge is -2.08. The molecule has 0 N–H and O–H groups in total. The van der Waals surface area contributed by atoms with Crippen LogP contribution in [-0.2, 0) is 9.53 Å². The van der Waals surface area contributed by atoms with Crippen molar-refractivity contribution >= 4 is 34.5 Å². The molecule has 1 heterocycles. The molecule has 0 saturated carbocycles. The third kappa shape index (κ3) is 4.15. The number of alkyl halides is 1. The summed E-state index contributed by atoms with van der Waals surface area (Å²) in [5.74, 6) is -0.561. The molecule has 0 aliphatic heterocycles. The zero-order chi connectivity index (χ0) is 20.3. The Morgan fingerprint density at radius 3 is 2.39 bits per heavy atom. The third-order valence-corrected chi connectivity index (χ3v) is 3.94. The quantitative estimate of drug-likeness (QED) is 0.363. The number of hydrogen-bond acceptors (Lipinski definition) is 7. The van der Waals surface area contributed by atoms with E-state index in [4.69, 9.17) is 25.5 Å². The van der Waals surface area contributed by atoms with Gasteiger partial charge < -0.3 is 18.6 Å². The molecule has 144 valence electrons. The van der Waals surface area contributed by atoms with Gasteiger partial charge in [0.25, 0.3) is 0 Å². The second kappa shape index (κ2) is 8.14. The summed E-state index contributed by atoms with van der Waals surface area (Å²) in [6.45, 7) is 1.49. The van der Waals surface area contributed by atoms with Gasteiger partial charge in [-0.05, 0) is 43.3 Å². The molecular formula is C20H15ClO7. The molecule has 2 aromatic carbocycles. The van der Waals surface area contributed by atoms with Crippen molar-refractivity contribution in [2.45, 2.75) is 12.3 Å². The van der Waals surface area contributed by atoms with Gasteiger partial charge in [-0.1, -0.05) is 0 Å². The molecule has 1 atom stereocenters. The maximum Gasteiger partial charge on any atom is 0.337 e. The number of ether oxygens (including phenoxy) is 3. The molecule has 3 aromatic rings. The number of carbonyl (C=O) groups excluding carboxylic acids is 2. The van der Waals surface area contributed by atoms with Crippen LogP contribution in [0.5, 0.6) is 17.2 Å². The fraction of sp³-hybridized carbons (Fsp3) is 0.150. The minimum Gasteiger partial charge on any atom is -0.465 e. The Kier molecular flexibility index (Phi) is 5.65. The highest BCUT2D eigenvalue weighted by Gasteiger charge is 2.15. The topological polar surface area (TPSA) is 92.0 Å². The number of fused-ring (bicyclic) bond motifs is 1. The van der Waals surface area contributed by atoms with Gasteiger partial charge in [0, 0.05) is 6.07 Å². The molecule has 3 rings (SSSR count). The van der Waals surface area contributed by atoms with Gasteiger partial charge in [-0.3, -0.25) is 9.59 Å². The van der Waals surface area contributed by atoms with Crippen LogP contribution in [0, 0.1) is 0 Å². The highest BCUT2D eigenvalue weighted by molar-refractivity contribution is 6.29. The molecule has 1 aromatic heterocycles. The molecule has 8 heteroatoms. The number of methoxy groups -OCH3 is 1. The first-order chi connectivity index (χ1) is 13.4. The van der Waals surface area contributed by atoms with E-state index in [1.54, 1.807) is 0 Å². The summed E-state index contributed by atoms with van der Waals surface area (Å²) in [6, 6.07) is 10.5. The smallest absolute Gasteiger partial charge is 0.337 e. The number of rotatable bonds is 5. The molecule has 28 heavy (non-hydrogen) atoms. The van der Waals surface area contributed by atoms with Crippen molar-refractivity contribution in [2.24, 2.45) is 0 Å². The van der Waals surface area contributed by atoms with Crippen molar-refractivity contribution in [1.29, 1.82) is 0 Å². The first-order valence-electron chi connectivity index (χ1n) is 8.16. The predicted molar refractivity (Wildman–Crippen MR) is 101 cm³/mol. The van der Waals surface area contributed by atoms with Gasteiger partial charge in [0.05, 0.1) is 18.1 Å². The molecule has 0 aliphatic rings. The summed E-state index contributed by atoms with van der Waals surface area (Å²) < 4.78 is 20.7. The van der Waals surface area contributed by atoms with Crippen LogP contribution >= 0.6 is 11.6 Å². The van der Waals surface area contributed by atoms with E-state index in [0.29, 0.717) is 11.3 Å². The second-order valence-electron chi connectivity index (χ2n) is 5.74. The fourth-order valence-corrected chi connectivity index (χ4v) is 2.37. The van der Waals surface area contributed by atoms with Crippen molar-refractivity contribution in [1.82, 2.24) is 0 Å². The highest BCUT2D eigenvalue weighted by Crippen LogP contribution is 2.24. The molecule has 0 radical (unpaired) electrons. The van der Waals surface area contributed by atoms with Gasteiger partial charge in [0.2, 0.25) is 11.2 Å². The Balaban J connectivity index is 1.85. The lowest BCUT2D eigenvalue weighted by atomic mass is 10.2. The first kappa shape index (κ1) is 19.4. The second-order valence-corrected chi connectivity index (χ2v) is 6.40. The predicted octanol–water partition coefficient (Wildman–Crippen LogP) is 3.90. The number of esters is 2. The van der Waals surface area contributed by atoms with E-state index in [1.807, 2.05) is 0 Å². The largest absolute Gasteiger partial charge is 0.465 e. The molecule has 7 nitrogen and oxygen atoms in total. The number of halogens is 1. The maximum atomic E-state index is 12.6. The van der Waals surface area contributed by atoms with Gasteiger partial charge in [-0.2, -0.15) is 0 Å². The molecule has 0 aliphatic carbocycles. The van der Waals surface area contributed by atoms with Gasteiger partial charge in [-0.25, -0.2) is 4.79 Å². The zero-order valence-corrected chi connectivity index (χ0v) is 15.7. The summed E-state index contributed by atoms with van der Waals surface area (Å²) in [5.41, 5.74) is 0.182. The maximum absolute atomic E-state index is 12.6. The van der Waals surface area contributed by atoms with Crippen molar-refractivity contribution in [3.05, 3.63) is 64.5 Å². The fourth-order valence-electron chi connectivity index (χ4n) is 2.33. The first-order valence-corrected chi connectivity index (χ1v) is 8.60. The van der Waals surface area contributed by atoms with Crippen LogP contribution in [0.1, 0.15) is 17.3 Å². The molecule has 0 spiro atoms. The van der Waals surface area contributed by atoms with Crippen LogP contribution in [0.2, 0.25) is 0 Å². The average molecular weight is 403 g/mol. The molecule has 0 bridgehead atoms. The van der Waals surface area contributed by atoms with Crippen LogP contribution in [0.25, 0.3) is 11.0 Å². The number of carbonyl (C=O) groups is 2. The van der Waals surface area contributed by atoms with Crippen LogP contribution in [0.3, 0.4) is 0 Å². The Hall–Kier alpha value is -3.32. The van der Waals surface area contributed by atoms with Gasteiger partial charge in [0.15, 0.2) is 0 Å². The summed E-state index contributed by atoms with van der Waals surface area (Å²) in [4.78, 5) is 35.6. The average Bonchev–Trinajstić information content (AvgIpc) is 2.70. The SMILES string of the molecule is COC(=O)c1ccc(Oc2coc3cc(OC(=O)C(C)Cl)ccc3c2=O)cc1. The van der Waals surface area contributed by atoms with Crippen LogP contribution in [-0.4, -0.2) is 24.4 Å². The standard InChI is InChI=1S/C20H15ClO7/c1-11(21)19(23)28-14-7-8-15-16(9-14)26-10-17(18(15)22)27-13-5-3-12(4-6-13)20(24)25-2/h3-11H,1-2H3. The van der Waals surface area contributed by atoms with Crippen LogP contribution in [0.4, 0.5) is 0 Å². The van der Waals surface area contributed by atoms with E-state index in [2.05, 4.69) is 4.74 Å². The van der Waals surface area contributed by atoms with Crippen LogP contribution in [0.15, 0.2) is 57.9 Å². The highest BCUT2D eigenvalue weighted by atomic mass is 35.5. The number of benzene rings is 2. The molecule has 0 fully saturated rings. The molecule has 0 amide bonds. The Morgan fingerprint density at radius 2 is 1.75 bits per heavy atom. The van der Waals surface area contributed by atoms with Crippen molar-refractivity contribution in [2.75, 3.05) is 7.11 Å². The lowest BCUT2D eigenvalue weighted by Crippen LogP contribution is -2.17. The van der Waals surface area contributed by atoms with Gasteiger partial charge >= 0.3 is 11.9 Å². The van der Waals surface area contributed by atoms with E-state index in [1.165, 1.54) is 56.5 Å². The van der Waals surface area contributed by atoms with E-state index in [-0.39, 0.29) is 22.5 Å². The minimum atomic E-state index is -0.802. The van der Waals surface area contributed by atoms with E-state index in [0.717, 1.165) is 6.26 Å². The van der Waals surface area contributed by atoms with E-state index >= 15 is 0 Å². The number of hydrogen-bond donors (Lipinski definition) is 0. The monoisotopic (exact) mass is 402 g/mol. The molecule has 0 saturated heterocycles. The van der Waals surface area contributed by atoms with Crippen molar-refractivity contribution < 1.29 is 28.2 Å². The van der Waals surface area contributed by atoms with Gasteiger partial charge in [-0.15, -0.1) is 11.6 Å². The summed E-state index contributed by atoms with van der Waals surface area (Å²) >= 11 is 5.66.